The largest absolute Gasteiger partial charge is 0.497 e. The Morgan fingerprint density at radius 1 is 1.42 bits per heavy atom. The van der Waals surface area contributed by atoms with E-state index in [4.69, 9.17) is 15.4 Å². The predicted molar refractivity (Wildman–Crippen MR) is 91.2 cm³/mol. The van der Waals surface area contributed by atoms with Crippen LogP contribution in [0.15, 0.2) is 29.4 Å². The number of carbonyl (C=O) groups excluding carboxylic acids is 1. The first-order valence-corrected chi connectivity index (χ1v) is 8.10. The lowest BCUT2D eigenvalue weighted by molar-refractivity contribution is -0.117. The van der Waals surface area contributed by atoms with Crippen molar-refractivity contribution in [2.45, 2.75) is 12.1 Å². The monoisotopic (exact) mass is 343 g/mol. The Kier molecular flexibility index (Phi) is 5.71. The Labute approximate surface area is 144 Å². The van der Waals surface area contributed by atoms with Crippen LogP contribution < -0.4 is 4.74 Å². The van der Waals surface area contributed by atoms with Crippen molar-refractivity contribution in [3.63, 3.8) is 0 Å². The number of nitrogens with zero attached hydrogens (tertiary/aromatic N) is 4. The molecular formula is C16H17N5O2S. The van der Waals surface area contributed by atoms with Crippen LogP contribution in [0.3, 0.4) is 0 Å². The molecule has 0 saturated carbocycles. The van der Waals surface area contributed by atoms with E-state index in [1.54, 1.807) is 11.7 Å². The Morgan fingerprint density at radius 2 is 2.08 bits per heavy atom. The molecule has 0 radical (unpaired) electrons. The molecule has 1 unspecified atom stereocenters. The van der Waals surface area contributed by atoms with Gasteiger partial charge in [0, 0.05) is 18.3 Å². The third kappa shape index (κ3) is 3.81. The summed E-state index contributed by atoms with van der Waals surface area (Å²) in [5, 5.41) is 25.2. The quantitative estimate of drug-likeness (QED) is 0.611. The minimum atomic E-state index is -0.994. The lowest BCUT2D eigenvalue weighted by atomic mass is 10.0. The van der Waals surface area contributed by atoms with Gasteiger partial charge in [-0.15, -0.1) is 10.2 Å². The summed E-state index contributed by atoms with van der Waals surface area (Å²) in [6.45, 7) is 1.46. The molecule has 1 aromatic carbocycles. The average molecular weight is 343 g/mol. The smallest absolute Gasteiger partial charge is 0.191 e. The van der Waals surface area contributed by atoms with Crippen LogP contribution in [0.25, 0.3) is 11.4 Å². The zero-order chi connectivity index (χ0) is 17.7. The molecule has 1 N–H and O–H groups in total. The van der Waals surface area contributed by atoms with Crippen molar-refractivity contribution in [3.8, 4) is 23.2 Å². The van der Waals surface area contributed by atoms with Crippen molar-refractivity contribution < 1.29 is 9.53 Å². The average Bonchev–Trinajstić information content (AvgIpc) is 2.94. The highest BCUT2D eigenvalue weighted by molar-refractivity contribution is 7.99. The van der Waals surface area contributed by atoms with E-state index in [1.165, 1.54) is 18.7 Å². The van der Waals surface area contributed by atoms with Gasteiger partial charge in [-0.3, -0.25) is 4.79 Å². The van der Waals surface area contributed by atoms with E-state index in [-0.39, 0.29) is 17.2 Å². The number of ether oxygens (including phenoxy) is 1. The molecule has 0 saturated heterocycles. The SMILES string of the molecule is COc1ccc(-c2nnc(SCC(=O)C(C#N)C(C)=N)n2C)cc1. The second-order valence-electron chi connectivity index (χ2n) is 5.09. The highest BCUT2D eigenvalue weighted by Gasteiger charge is 2.21. The minimum Gasteiger partial charge on any atom is -0.497 e. The van der Waals surface area contributed by atoms with Gasteiger partial charge in [0.1, 0.15) is 11.7 Å². The maximum absolute atomic E-state index is 12.0. The van der Waals surface area contributed by atoms with E-state index in [1.807, 2.05) is 37.4 Å². The second kappa shape index (κ2) is 7.75. The van der Waals surface area contributed by atoms with E-state index in [2.05, 4.69) is 10.2 Å². The van der Waals surface area contributed by atoms with Crippen LogP contribution in [0.1, 0.15) is 6.92 Å². The lowest BCUT2D eigenvalue weighted by Crippen LogP contribution is -2.21. The number of ketones is 1. The lowest BCUT2D eigenvalue weighted by Gasteiger charge is -2.06. The highest BCUT2D eigenvalue weighted by atomic mass is 32.2. The summed E-state index contributed by atoms with van der Waals surface area (Å²) in [5.41, 5.74) is 0.939. The van der Waals surface area contributed by atoms with Gasteiger partial charge >= 0.3 is 0 Å². The van der Waals surface area contributed by atoms with Gasteiger partial charge in [0.25, 0.3) is 0 Å². The van der Waals surface area contributed by atoms with Crippen molar-refractivity contribution in [3.05, 3.63) is 24.3 Å². The topological polar surface area (TPSA) is 105 Å². The van der Waals surface area contributed by atoms with Crippen LogP contribution in [0.2, 0.25) is 0 Å². The number of thioether (sulfide) groups is 1. The molecule has 0 bridgehead atoms. The normalized spacial score (nSPS) is 11.6. The van der Waals surface area contributed by atoms with Gasteiger partial charge in [0.15, 0.2) is 16.8 Å². The molecule has 7 nitrogen and oxygen atoms in total. The molecule has 0 fully saturated rings. The van der Waals surface area contributed by atoms with Gasteiger partial charge in [-0.1, -0.05) is 11.8 Å². The Balaban J connectivity index is 2.11. The van der Waals surface area contributed by atoms with Crippen LogP contribution >= 0.6 is 11.8 Å². The summed E-state index contributed by atoms with van der Waals surface area (Å²) < 4.78 is 6.92. The number of nitriles is 1. The molecule has 1 atom stereocenters. The fourth-order valence-electron chi connectivity index (χ4n) is 2.06. The fraction of sp³-hybridized carbons (Fsp3) is 0.312. The number of aromatic nitrogens is 3. The van der Waals surface area contributed by atoms with E-state index in [0.29, 0.717) is 11.0 Å². The van der Waals surface area contributed by atoms with Gasteiger partial charge in [0.2, 0.25) is 0 Å². The first-order chi connectivity index (χ1) is 11.5. The summed E-state index contributed by atoms with van der Waals surface area (Å²) in [4.78, 5) is 12.0. The summed E-state index contributed by atoms with van der Waals surface area (Å²) in [5.74, 6) is 0.206. The molecule has 2 rings (SSSR count). The maximum atomic E-state index is 12.0. The number of hydrogen-bond acceptors (Lipinski definition) is 7. The summed E-state index contributed by atoms with van der Waals surface area (Å²) in [6, 6.07) is 9.29. The summed E-state index contributed by atoms with van der Waals surface area (Å²) in [6.07, 6.45) is 0. The van der Waals surface area contributed by atoms with Crippen LogP contribution in [-0.4, -0.2) is 39.1 Å². The second-order valence-corrected chi connectivity index (χ2v) is 6.04. The molecule has 0 aliphatic heterocycles. The molecule has 0 aliphatic carbocycles. The summed E-state index contributed by atoms with van der Waals surface area (Å²) >= 11 is 1.21. The number of Topliss-reactive ketones (excluding diaryl/α,β-unsaturated/α-hetero) is 1. The third-order valence-electron chi connectivity index (χ3n) is 3.41. The number of methoxy groups -OCH3 is 1. The fourth-order valence-corrected chi connectivity index (χ4v) is 2.88. The highest BCUT2D eigenvalue weighted by Crippen LogP contribution is 2.24. The van der Waals surface area contributed by atoms with Gasteiger partial charge in [0.05, 0.1) is 18.9 Å². The number of rotatable bonds is 7. The van der Waals surface area contributed by atoms with Crippen LogP contribution in [0.5, 0.6) is 5.75 Å². The van der Waals surface area contributed by atoms with Gasteiger partial charge in [-0.05, 0) is 31.2 Å². The molecule has 8 heteroatoms. The zero-order valence-corrected chi connectivity index (χ0v) is 14.4. The molecule has 0 aliphatic rings. The number of nitrogens with one attached hydrogen (secondary N) is 1. The minimum absolute atomic E-state index is 0.0555. The summed E-state index contributed by atoms with van der Waals surface area (Å²) in [7, 11) is 3.42. The molecule has 0 spiro atoms. The van der Waals surface area contributed by atoms with Gasteiger partial charge < -0.3 is 14.7 Å². The van der Waals surface area contributed by atoms with Crippen molar-refractivity contribution >= 4 is 23.3 Å². The Hall–Kier alpha value is -2.66. The zero-order valence-electron chi connectivity index (χ0n) is 13.6. The molecule has 0 amide bonds. The van der Waals surface area contributed by atoms with Crippen LogP contribution in [-0.2, 0) is 11.8 Å². The maximum Gasteiger partial charge on any atom is 0.191 e. The van der Waals surface area contributed by atoms with Crippen molar-refractivity contribution in [1.82, 2.24) is 14.8 Å². The first-order valence-electron chi connectivity index (χ1n) is 7.12. The molecule has 1 heterocycles. The molecule has 1 aromatic heterocycles. The van der Waals surface area contributed by atoms with Crippen LogP contribution in [0.4, 0.5) is 0 Å². The van der Waals surface area contributed by atoms with Gasteiger partial charge in [-0.2, -0.15) is 5.26 Å². The van der Waals surface area contributed by atoms with Crippen LogP contribution in [0, 0.1) is 22.7 Å². The van der Waals surface area contributed by atoms with Gasteiger partial charge in [-0.25, -0.2) is 0 Å². The van der Waals surface area contributed by atoms with E-state index >= 15 is 0 Å². The molecule has 124 valence electrons. The molecule has 2 aromatic rings. The number of carbonyl (C=O) groups is 1. The van der Waals surface area contributed by atoms with Crippen molar-refractivity contribution in [1.29, 1.82) is 10.7 Å². The van der Waals surface area contributed by atoms with Crippen molar-refractivity contribution in [2.24, 2.45) is 13.0 Å². The Bertz CT molecular complexity index is 792. The standard InChI is InChI=1S/C16H17N5O2S/c1-10(18)13(8-17)14(22)9-24-16-20-19-15(21(16)2)11-4-6-12(23-3)7-5-11/h4-7,13,18H,9H2,1-3H3. The van der Waals surface area contributed by atoms with E-state index in [0.717, 1.165) is 11.3 Å². The number of benzene rings is 1. The predicted octanol–water partition coefficient (Wildman–Crippen LogP) is 2.33. The Morgan fingerprint density at radius 3 is 2.62 bits per heavy atom. The third-order valence-corrected chi connectivity index (χ3v) is 4.45. The van der Waals surface area contributed by atoms with Crippen molar-refractivity contribution in [2.75, 3.05) is 12.9 Å². The van der Waals surface area contributed by atoms with E-state index in [9.17, 15) is 4.79 Å². The molecule has 24 heavy (non-hydrogen) atoms. The number of hydrogen-bond donors (Lipinski definition) is 1. The first kappa shape index (κ1) is 17.7. The van der Waals surface area contributed by atoms with E-state index < -0.39 is 5.92 Å². The molecular weight excluding hydrogens is 326 g/mol.